The molecule has 0 spiro atoms. The van der Waals surface area contributed by atoms with Crippen LogP contribution >= 0.6 is 0 Å². The molecule has 2 bridgehead atoms. The van der Waals surface area contributed by atoms with Crippen LogP contribution in [0.3, 0.4) is 0 Å². The lowest BCUT2D eigenvalue weighted by Crippen LogP contribution is -2.55. The predicted octanol–water partition coefficient (Wildman–Crippen LogP) is 1.19. The number of methoxy groups -OCH3 is 1. The molecule has 0 aromatic rings. The molecule has 2 N–H and O–H groups in total. The van der Waals surface area contributed by atoms with Crippen LogP contribution in [0.5, 0.6) is 0 Å². The second-order valence-corrected chi connectivity index (χ2v) is 8.96. The van der Waals surface area contributed by atoms with E-state index in [0.717, 1.165) is 25.7 Å². The maximum absolute atomic E-state index is 12.6. The Bertz CT molecular complexity index is 588. The summed E-state index contributed by atoms with van der Waals surface area (Å²) in [6.45, 7) is 6.91. The number of piperidine rings is 1. The third-order valence-electron chi connectivity index (χ3n) is 5.15. The molecule has 2 amide bonds. The number of fused-ring (bicyclic) bond motifs is 2. The number of nitrogens with one attached hydrogen (secondary N) is 2. The highest BCUT2D eigenvalue weighted by atomic mass is 16.6. The summed E-state index contributed by atoms with van der Waals surface area (Å²) in [6.07, 6.45) is 3.44. The number of amides is 2. The van der Waals surface area contributed by atoms with E-state index in [1.54, 1.807) is 21.2 Å². The van der Waals surface area contributed by atoms with Crippen LogP contribution in [0.25, 0.3) is 0 Å². The third-order valence-corrected chi connectivity index (χ3v) is 5.15. The van der Waals surface area contributed by atoms with Gasteiger partial charge in [0.25, 0.3) is 0 Å². The van der Waals surface area contributed by atoms with Crippen LogP contribution < -0.4 is 10.6 Å². The van der Waals surface area contributed by atoms with E-state index in [1.807, 2.05) is 25.7 Å². The summed E-state index contributed by atoms with van der Waals surface area (Å²) in [5, 5.41) is 6.67. The van der Waals surface area contributed by atoms with Gasteiger partial charge in [0.05, 0.1) is 6.61 Å². The van der Waals surface area contributed by atoms with Gasteiger partial charge in [0.15, 0.2) is 5.96 Å². The van der Waals surface area contributed by atoms with Gasteiger partial charge in [-0.15, -0.1) is 0 Å². The van der Waals surface area contributed by atoms with Crippen LogP contribution in [0.15, 0.2) is 4.99 Å². The summed E-state index contributed by atoms with van der Waals surface area (Å²) in [7, 11) is 5.08. The second kappa shape index (κ2) is 10.1. The highest BCUT2D eigenvalue weighted by molar-refractivity contribution is 5.85. The minimum absolute atomic E-state index is 0.0577. The Morgan fingerprint density at radius 2 is 1.79 bits per heavy atom. The molecule has 2 aliphatic heterocycles. The fraction of sp³-hybridized carbons (Fsp3) is 0.850. The van der Waals surface area contributed by atoms with Crippen molar-refractivity contribution in [1.82, 2.24) is 20.4 Å². The third kappa shape index (κ3) is 7.06. The van der Waals surface area contributed by atoms with Gasteiger partial charge in [0.1, 0.15) is 12.1 Å². The lowest BCUT2D eigenvalue weighted by Gasteiger charge is -2.40. The first-order valence-electron chi connectivity index (χ1n) is 10.4. The Hall–Kier alpha value is -2.03. The summed E-state index contributed by atoms with van der Waals surface area (Å²) < 4.78 is 10.7. The van der Waals surface area contributed by atoms with Crippen molar-refractivity contribution in [3.8, 4) is 0 Å². The molecule has 2 fully saturated rings. The lowest BCUT2D eigenvalue weighted by molar-refractivity contribution is -0.127. The van der Waals surface area contributed by atoms with Crippen molar-refractivity contribution < 1.29 is 19.1 Å². The highest BCUT2D eigenvalue weighted by Crippen LogP contribution is 2.36. The minimum Gasteiger partial charge on any atom is -0.444 e. The number of guanidine groups is 1. The molecular formula is C20H37N5O4. The quantitative estimate of drug-likeness (QED) is 0.387. The van der Waals surface area contributed by atoms with Crippen LogP contribution in [0.2, 0.25) is 0 Å². The van der Waals surface area contributed by atoms with Crippen molar-refractivity contribution >= 4 is 18.0 Å². The topological polar surface area (TPSA) is 95.5 Å². The van der Waals surface area contributed by atoms with Crippen molar-refractivity contribution in [2.24, 2.45) is 4.99 Å². The van der Waals surface area contributed by atoms with Crippen molar-refractivity contribution in [3.05, 3.63) is 0 Å². The van der Waals surface area contributed by atoms with Gasteiger partial charge in [-0.2, -0.15) is 0 Å². The van der Waals surface area contributed by atoms with Gasteiger partial charge in [-0.05, 0) is 46.5 Å². The molecule has 0 radical (unpaired) electrons. The number of nitrogens with zero attached hydrogens (tertiary/aromatic N) is 3. The molecule has 2 atom stereocenters. The molecule has 2 aliphatic rings. The minimum atomic E-state index is -0.490. The zero-order chi connectivity index (χ0) is 21.6. The lowest BCUT2D eigenvalue weighted by atomic mass is 9.98. The Balaban J connectivity index is 1.98. The zero-order valence-corrected chi connectivity index (χ0v) is 18.7. The predicted molar refractivity (Wildman–Crippen MR) is 112 cm³/mol. The molecular weight excluding hydrogens is 374 g/mol. The molecule has 9 heteroatoms. The number of carbonyl (C=O) groups is 2. The van der Waals surface area contributed by atoms with Crippen molar-refractivity contribution in [3.63, 3.8) is 0 Å². The van der Waals surface area contributed by atoms with E-state index in [0.29, 0.717) is 19.1 Å². The summed E-state index contributed by atoms with van der Waals surface area (Å²) in [5.74, 6) is 0.546. The largest absolute Gasteiger partial charge is 0.444 e. The van der Waals surface area contributed by atoms with E-state index < -0.39 is 5.60 Å². The average Bonchev–Trinajstić information content (AvgIpc) is 2.89. The van der Waals surface area contributed by atoms with E-state index in [2.05, 4.69) is 15.6 Å². The van der Waals surface area contributed by atoms with E-state index in [4.69, 9.17) is 9.47 Å². The fourth-order valence-corrected chi connectivity index (χ4v) is 3.81. The molecule has 0 aromatic carbocycles. The molecule has 2 rings (SSSR count). The summed E-state index contributed by atoms with van der Waals surface area (Å²) in [6, 6.07) is 0.531. The monoisotopic (exact) mass is 411 g/mol. The van der Waals surface area contributed by atoms with Crippen LogP contribution in [-0.4, -0.2) is 92.4 Å². The SMILES string of the molecule is COCCNC(=NCC(=O)N(C)C)NC1CC2CCC(C1)N2C(=O)OC(C)(C)C. The highest BCUT2D eigenvalue weighted by Gasteiger charge is 2.45. The number of likely N-dealkylation sites (N-methyl/N-ethyl adjacent to an activating group) is 1. The van der Waals surface area contributed by atoms with E-state index >= 15 is 0 Å². The van der Waals surface area contributed by atoms with Crippen LogP contribution in [-0.2, 0) is 14.3 Å². The summed E-state index contributed by atoms with van der Waals surface area (Å²) >= 11 is 0. The Morgan fingerprint density at radius 1 is 1.17 bits per heavy atom. The first-order chi connectivity index (χ1) is 13.6. The first-order valence-corrected chi connectivity index (χ1v) is 10.4. The maximum Gasteiger partial charge on any atom is 0.410 e. The molecule has 2 heterocycles. The molecule has 166 valence electrons. The van der Waals surface area contributed by atoms with Gasteiger partial charge < -0.3 is 29.9 Å². The Kier molecular flexibility index (Phi) is 8.13. The smallest absolute Gasteiger partial charge is 0.410 e. The summed E-state index contributed by atoms with van der Waals surface area (Å²) in [4.78, 5) is 32.4. The molecule has 2 unspecified atom stereocenters. The number of carbonyl (C=O) groups excluding carboxylic acids is 2. The molecule has 29 heavy (non-hydrogen) atoms. The number of hydrogen-bond acceptors (Lipinski definition) is 5. The number of rotatable bonds is 6. The first kappa shape index (κ1) is 23.3. The van der Waals surface area contributed by atoms with Gasteiger partial charge in [-0.1, -0.05) is 0 Å². The Morgan fingerprint density at radius 3 is 2.31 bits per heavy atom. The zero-order valence-electron chi connectivity index (χ0n) is 18.7. The van der Waals surface area contributed by atoms with E-state index in [-0.39, 0.29) is 36.7 Å². The maximum atomic E-state index is 12.6. The molecule has 0 saturated carbocycles. The number of hydrogen-bond donors (Lipinski definition) is 2. The standard InChI is InChI=1S/C20H37N5O4/c1-20(2,3)29-19(27)25-15-7-8-16(25)12-14(11-15)23-18(21-9-10-28-6)22-13-17(26)24(4)5/h14-16H,7-13H2,1-6H3,(H2,21,22,23). The van der Waals surface area contributed by atoms with Gasteiger partial charge in [0.2, 0.25) is 5.91 Å². The van der Waals surface area contributed by atoms with Crippen molar-refractivity contribution in [1.29, 1.82) is 0 Å². The second-order valence-electron chi connectivity index (χ2n) is 8.96. The summed E-state index contributed by atoms with van der Waals surface area (Å²) in [5.41, 5.74) is -0.490. The van der Waals surface area contributed by atoms with Crippen molar-refractivity contribution in [2.45, 2.75) is 70.2 Å². The van der Waals surface area contributed by atoms with E-state index in [1.165, 1.54) is 4.90 Å². The van der Waals surface area contributed by atoms with Crippen LogP contribution in [0.4, 0.5) is 4.79 Å². The van der Waals surface area contributed by atoms with Crippen LogP contribution in [0, 0.1) is 0 Å². The normalized spacial score (nSPS) is 24.3. The molecule has 9 nitrogen and oxygen atoms in total. The molecule has 0 aliphatic carbocycles. The number of aliphatic imine (C=N–C) groups is 1. The Labute approximate surface area is 174 Å². The van der Waals surface area contributed by atoms with Crippen molar-refractivity contribution in [2.75, 3.05) is 40.9 Å². The van der Waals surface area contributed by atoms with Gasteiger partial charge in [-0.25, -0.2) is 9.79 Å². The van der Waals surface area contributed by atoms with Gasteiger partial charge in [-0.3, -0.25) is 4.79 Å². The fourth-order valence-electron chi connectivity index (χ4n) is 3.81. The van der Waals surface area contributed by atoms with Gasteiger partial charge in [0, 0.05) is 45.9 Å². The average molecular weight is 412 g/mol. The van der Waals surface area contributed by atoms with Gasteiger partial charge >= 0.3 is 6.09 Å². The van der Waals surface area contributed by atoms with Crippen LogP contribution in [0.1, 0.15) is 46.5 Å². The molecule has 0 aromatic heterocycles. The van der Waals surface area contributed by atoms with E-state index in [9.17, 15) is 9.59 Å². The molecule has 2 saturated heterocycles. The number of ether oxygens (including phenoxy) is 2.